The molecule has 2 aliphatic carbocycles. The summed E-state index contributed by atoms with van der Waals surface area (Å²) in [6.45, 7) is 2.30. The lowest BCUT2D eigenvalue weighted by Gasteiger charge is -2.52. The average Bonchev–Trinajstić information content (AvgIpc) is 2.30. The Labute approximate surface area is 115 Å². The standard InChI is InChI=1S/C15H24ClNO/c1-11(10-18)9-14(17)15(7-2-8-15)12-3-5-13(16)6-4-12/h3,5-6,11-12,14,18H,2,4,7-10,17H2,1H3/t11-,12?,14-/m0/s1. The summed E-state index contributed by atoms with van der Waals surface area (Å²) in [5.41, 5.74) is 6.70. The molecule has 0 saturated heterocycles. The second-order valence-electron chi connectivity index (χ2n) is 6.01. The Morgan fingerprint density at radius 2 is 2.28 bits per heavy atom. The third kappa shape index (κ3) is 2.66. The Hall–Kier alpha value is -0.310. The van der Waals surface area contributed by atoms with Crippen LogP contribution in [0.25, 0.3) is 0 Å². The molecule has 0 radical (unpaired) electrons. The first-order chi connectivity index (χ1) is 8.58. The Morgan fingerprint density at radius 1 is 1.56 bits per heavy atom. The molecule has 2 nitrogen and oxygen atoms in total. The Morgan fingerprint density at radius 3 is 2.72 bits per heavy atom. The van der Waals surface area contributed by atoms with Crippen molar-refractivity contribution >= 4 is 11.6 Å². The van der Waals surface area contributed by atoms with Crippen LogP contribution in [0.3, 0.4) is 0 Å². The molecule has 0 spiro atoms. The summed E-state index contributed by atoms with van der Waals surface area (Å²) in [6.07, 6.45) is 12.0. The monoisotopic (exact) mass is 269 g/mol. The lowest BCUT2D eigenvalue weighted by Crippen LogP contribution is -2.52. The molecule has 3 N–H and O–H groups in total. The molecule has 0 heterocycles. The first-order valence-corrected chi connectivity index (χ1v) is 7.36. The topological polar surface area (TPSA) is 46.2 Å². The highest BCUT2D eigenvalue weighted by molar-refractivity contribution is 6.31. The maximum absolute atomic E-state index is 9.19. The molecule has 0 aliphatic heterocycles. The van der Waals surface area contributed by atoms with E-state index in [4.69, 9.17) is 17.3 Å². The van der Waals surface area contributed by atoms with E-state index in [2.05, 4.69) is 19.1 Å². The van der Waals surface area contributed by atoms with Crippen LogP contribution in [0, 0.1) is 17.3 Å². The van der Waals surface area contributed by atoms with Crippen LogP contribution in [0.5, 0.6) is 0 Å². The van der Waals surface area contributed by atoms with Gasteiger partial charge in [0, 0.05) is 17.7 Å². The molecule has 3 atom stereocenters. The highest BCUT2D eigenvalue weighted by Crippen LogP contribution is 2.53. The normalized spacial score (nSPS) is 29.3. The molecule has 0 bridgehead atoms. The third-order valence-electron chi connectivity index (χ3n) is 4.78. The van der Waals surface area contributed by atoms with E-state index in [0.717, 1.165) is 17.9 Å². The van der Waals surface area contributed by atoms with Crippen LogP contribution in [0.1, 0.15) is 39.0 Å². The van der Waals surface area contributed by atoms with E-state index in [1.165, 1.54) is 19.3 Å². The number of aliphatic hydroxyl groups excluding tert-OH is 1. The van der Waals surface area contributed by atoms with Gasteiger partial charge in [-0.05, 0) is 49.0 Å². The summed E-state index contributed by atoms with van der Waals surface area (Å²) in [6, 6.07) is 0.188. The molecule has 3 heteroatoms. The number of rotatable bonds is 5. The molecule has 0 aromatic carbocycles. The van der Waals surface area contributed by atoms with Crippen molar-refractivity contribution in [3.05, 3.63) is 23.3 Å². The molecule has 0 aromatic heterocycles. The minimum Gasteiger partial charge on any atom is -0.396 e. The van der Waals surface area contributed by atoms with Gasteiger partial charge in [0.25, 0.3) is 0 Å². The molecular weight excluding hydrogens is 246 g/mol. The van der Waals surface area contributed by atoms with E-state index in [0.29, 0.717) is 11.8 Å². The van der Waals surface area contributed by atoms with Gasteiger partial charge in [-0.25, -0.2) is 0 Å². The van der Waals surface area contributed by atoms with Gasteiger partial charge in [0.15, 0.2) is 0 Å². The van der Waals surface area contributed by atoms with Crippen molar-refractivity contribution in [3.63, 3.8) is 0 Å². The smallest absolute Gasteiger partial charge is 0.0457 e. The van der Waals surface area contributed by atoms with Gasteiger partial charge in [0.1, 0.15) is 0 Å². The largest absolute Gasteiger partial charge is 0.396 e. The Kier molecular flexibility index (Phi) is 4.52. The average molecular weight is 270 g/mol. The van der Waals surface area contributed by atoms with Crippen LogP contribution in [0.4, 0.5) is 0 Å². The number of hydrogen-bond donors (Lipinski definition) is 2. The minimum atomic E-state index is 0.188. The Balaban J connectivity index is 2.04. The lowest BCUT2D eigenvalue weighted by molar-refractivity contribution is 0.0288. The van der Waals surface area contributed by atoms with E-state index in [9.17, 15) is 5.11 Å². The fraction of sp³-hybridized carbons (Fsp3) is 0.733. The molecule has 1 saturated carbocycles. The fourth-order valence-corrected chi connectivity index (χ4v) is 3.53. The van der Waals surface area contributed by atoms with Crippen molar-refractivity contribution in [2.75, 3.05) is 6.61 Å². The van der Waals surface area contributed by atoms with Crippen molar-refractivity contribution in [1.82, 2.24) is 0 Å². The minimum absolute atomic E-state index is 0.188. The predicted octanol–water partition coefficient (Wildman–Crippen LogP) is 3.20. The van der Waals surface area contributed by atoms with Crippen LogP contribution < -0.4 is 5.73 Å². The number of allylic oxidation sites excluding steroid dienone is 4. The maximum Gasteiger partial charge on any atom is 0.0457 e. The quantitative estimate of drug-likeness (QED) is 0.805. The maximum atomic E-state index is 9.19. The molecule has 1 unspecified atom stereocenters. The molecule has 0 amide bonds. The number of hydrogen-bond acceptors (Lipinski definition) is 2. The highest BCUT2D eigenvalue weighted by Gasteiger charge is 2.47. The zero-order valence-electron chi connectivity index (χ0n) is 11.1. The second kappa shape index (κ2) is 5.77. The van der Waals surface area contributed by atoms with Crippen molar-refractivity contribution < 1.29 is 5.11 Å². The molecule has 18 heavy (non-hydrogen) atoms. The van der Waals surface area contributed by atoms with E-state index in [-0.39, 0.29) is 18.1 Å². The Bertz CT molecular complexity index is 346. The first-order valence-electron chi connectivity index (χ1n) is 6.99. The SMILES string of the molecule is C[C@H](CO)C[C@H](N)C1(C2C=CC(Cl)=CC2)CCC1. The molecule has 102 valence electrons. The third-order valence-corrected chi connectivity index (χ3v) is 5.06. The lowest BCUT2D eigenvalue weighted by atomic mass is 9.55. The number of halogens is 1. The van der Waals surface area contributed by atoms with Gasteiger partial charge in [-0.2, -0.15) is 0 Å². The molecule has 2 rings (SSSR count). The van der Waals surface area contributed by atoms with Gasteiger partial charge in [0.05, 0.1) is 0 Å². The van der Waals surface area contributed by atoms with Crippen molar-refractivity contribution in [2.24, 2.45) is 23.0 Å². The summed E-state index contributed by atoms with van der Waals surface area (Å²) in [4.78, 5) is 0. The van der Waals surface area contributed by atoms with Crippen molar-refractivity contribution in [3.8, 4) is 0 Å². The van der Waals surface area contributed by atoms with Crippen LogP contribution in [0.2, 0.25) is 0 Å². The van der Waals surface area contributed by atoms with E-state index in [1.807, 2.05) is 6.08 Å². The van der Waals surface area contributed by atoms with Gasteiger partial charge in [-0.1, -0.05) is 37.1 Å². The van der Waals surface area contributed by atoms with Crippen LogP contribution in [0.15, 0.2) is 23.3 Å². The summed E-state index contributed by atoms with van der Waals surface area (Å²) in [7, 11) is 0. The van der Waals surface area contributed by atoms with Crippen LogP contribution in [-0.4, -0.2) is 17.8 Å². The van der Waals surface area contributed by atoms with Crippen LogP contribution >= 0.6 is 11.6 Å². The number of aliphatic hydroxyl groups is 1. The predicted molar refractivity (Wildman–Crippen MR) is 76.3 cm³/mol. The van der Waals surface area contributed by atoms with Gasteiger partial charge >= 0.3 is 0 Å². The van der Waals surface area contributed by atoms with Gasteiger partial charge in [-0.15, -0.1) is 0 Å². The van der Waals surface area contributed by atoms with Crippen LogP contribution in [-0.2, 0) is 0 Å². The zero-order valence-corrected chi connectivity index (χ0v) is 11.9. The van der Waals surface area contributed by atoms with Crippen molar-refractivity contribution in [2.45, 2.75) is 45.1 Å². The molecule has 2 aliphatic rings. The summed E-state index contributed by atoms with van der Waals surface area (Å²) in [5.74, 6) is 0.818. The van der Waals surface area contributed by atoms with E-state index >= 15 is 0 Å². The second-order valence-corrected chi connectivity index (χ2v) is 6.44. The first kappa shape index (κ1) is 14.1. The van der Waals surface area contributed by atoms with Crippen molar-refractivity contribution in [1.29, 1.82) is 0 Å². The van der Waals surface area contributed by atoms with E-state index in [1.54, 1.807) is 0 Å². The van der Waals surface area contributed by atoms with Gasteiger partial charge in [-0.3, -0.25) is 0 Å². The zero-order chi connectivity index (χ0) is 13.2. The number of nitrogens with two attached hydrogens (primary N) is 1. The van der Waals surface area contributed by atoms with Gasteiger partial charge in [0.2, 0.25) is 0 Å². The fourth-order valence-electron chi connectivity index (χ4n) is 3.36. The molecule has 0 aromatic rings. The summed E-state index contributed by atoms with van der Waals surface area (Å²) in [5, 5.41) is 10.0. The van der Waals surface area contributed by atoms with E-state index < -0.39 is 0 Å². The van der Waals surface area contributed by atoms with Gasteiger partial charge < -0.3 is 10.8 Å². The molecule has 1 fully saturated rings. The highest BCUT2D eigenvalue weighted by atomic mass is 35.5. The molecular formula is C15H24ClNO. The summed E-state index contributed by atoms with van der Waals surface area (Å²) < 4.78 is 0. The summed E-state index contributed by atoms with van der Waals surface area (Å²) >= 11 is 5.99.